The summed E-state index contributed by atoms with van der Waals surface area (Å²) in [6, 6.07) is 28.0. The molecule has 0 bridgehead atoms. The second-order valence-electron chi connectivity index (χ2n) is 6.43. The standard InChI is InChI=1S/C24H19N3O/c25-17-20(24-26-22-11-4-5-12-23(22)27-24)15-19-9-6-10-21(16-19)28-14-13-18-7-2-1-3-8-18/h1-12,15-16H,13-14H2,(H,26,27)/b20-15+. The lowest BCUT2D eigenvalue weighted by molar-refractivity contribution is 0.322. The minimum atomic E-state index is 0.484. The van der Waals surface area contributed by atoms with Gasteiger partial charge in [0.1, 0.15) is 17.6 Å². The van der Waals surface area contributed by atoms with Gasteiger partial charge >= 0.3 is 0 Å². The third-order valence-corrected chi connectivity index (χ3v) is 4.44. The number of nitrogens with one attached hydrogen (secondary N) is 1. The van der Waals surface area contributed by atoms with E-state index in [1.807, 2.05) is 72.8 Å². The van der Waals surface area contributed by atoms with Gasteiger partial charge < -0.3 is 9.72 Å². The zero-order chi connectivity index (χ0) is 19.2. The summed E-state index contributed by atoms with van der Waals surface area (Å²) in [5, 5.41) is 9.59. The van der Waals surface area contributed by atoms with E-state index in [1.165, 1.54) is 5.56 Å². The number of H-pyrrole nitrogens is 1. The fourth-order valence-electron chi connectivity index (χ4n) is 3.03. The van der Waals surface area contributed by atoms with E-state index in [1.54, 1.807) is 0 Å². The van der Waals surface area contributed by atoms with Crippen LogP contribution in [0.1, 0.15) is 17.0 Å². The molecule has 4 rings (SSSR count). The number of nitrogens with zero attached hydrogens (tertiary/aromatic N) is 2. The molecule has 0 amide bonds. The predicted molar refractivity (Wildman–Crippen MR) is 112 cm³/mol. The topological polar surface area (TPSA) is 61.7 Å². The summed E-state index contributed by atoms with van der Waals surface area (Å²) in [6.45, 7) is 0.603. The maximum Gasteiger partial charge on any atom is 0.149 e. The lowest BCUT2D eigenvalue weighted by Gasteiger charge is -2.07. The maximum atomic E-state index is 9.59. The zero-order valence-corrected chi connectivity index (χ0v) is 15.3. The Morgan fingerprint density at radius 3 is 2.64 bits per heavy atom. The number of ether oxygens (including phenoxy) is 1. The quantitative estimate of drug-likeness (QED) is 0.475. The van der Waals surface area contributed by atoms with Gasteiger partial charge in [-0.05, 0) is 41.5 Å². The Morgan fingerprint density at radius 2 is 1.82 bits per heavy atom. The molecule has 136 valence electrons. The molecule has 4 aromatic rings. The van der Waals surface area contributed by atoms with Gasteiger partial charge in [0.05, 0.1) is 23.2 Å². The second kappa shape index (κ2) is 8.24. The summed E-state index contributed by atoms with van der Waals surface area (Å²) < 4.78 is 5.88. The largest absolute Gasteiger partial charge is 0.493 e. The van der Waals surface area contributed by atoms with E-state index in [4.69, 9.17) is 4.74 Å². The number of hydrogen-bond acceptors (Lipinski definition) is 3. The maximum absolute atomic E-state index is 9.59. The SMILES string of the molecule is N#C/C(=C\c1cccc(OCCc2ccccc2)c1)c1nc2ccccc2[nH]1. The average Bonchev–Trinajstić information content (AvgIpc) is 3.17. The molecule has 4 heteroatoms. The number of aromatic amines is 1. The smallest absolute Gasteiger partial charge is 0.149 e. The third kappa shape index (κ3) is 4.11. The van der Waals surface area contributed by atoms with Gasteiger partial charge in [-0.3, -0.25) is 0 Å². The summed E-state index contributed by atoms with van der Waals surface area (Å²) in [7, 11) is 0. The van der Waals surface area contributed by atoms with E-state index >= 15 is 0 Å². The molecule has 0 spiro atoms. The Kier molecular flexibility index (Phi) is 5.17. The second-order valence-corrected chi connectivity index (χ2v) is 6.43. The van der Waals surface area contributed by atoms with Crippen LogP contribution in [-0.4, -0.2) is 16.6 Å². The van der Waals surface area contributed by atoms with Crippen LogP contribution in [0, 0.1) is 11.3 Å². The summed E-state index contributed by atoms with van der Waals surface area (Å²) >= 11 is 0. The van der Waals surface area contributed by atoms with Gasteiger partial charge in [0.25, 0.3) is 0 Å². The Labute approximate surface area is 163 Å². The van der Waals surface area contributed by atoms with E-state index in [9.17, 15) is 5.26 Å². The number of allylic oxidation sites excluding steroid dienone is 1. The first kappa shape index (κ1) is 17.6. The van der Waals surface area contributed by atoms with E-state index in [2.05, 4.69) is 28.2 Å². The van der Waals surface area contributed by atoms with Crippen LogP contribution in [0.15, 0.2) is 78.9 Å². The normalized spacial score (nSPS) is 11.3. The van der Waals surface area contributed by atoms with Crippen LogP contribution in [0.2, 0.25) is 0 Å². The molecule has 1 aromatic heterocycles. The van der Waals surface area contributed by atoms with Crippen LogP contribution >= 0.6 is 0 Å². The van der Waals surface area contributed by atoms with Crippen molar-refractivity contribution in [2.24, 2.45) is 0 Å². The molecule has 0 radical (unpaired) electrons. The zero-order valence-electron chi connectivity index (χ0n) is 15.3. The molecule has 0 aliphatic carbocycles. The Hall–Kier alpha value is -3.84. The molecule has 0 aliphatic heterocycles. The molecule has 1 heterocycles. The Bertz CT molecular complexity index is 1120. The fraction of sp³-hybridized carbons (Fsp3) is 0.0833. The van der Waals surface area contributed by atoms with E-state index in [0.29, 0.717) is 18.0 Å². The molecular weight excluding hydrogens is 346 g/mol. The number of imidazole rings is 1. The van der Waals surface area contributed by atoms with Crippen molar-refractivity contribution in [2.45, 2.75) is 6.42 Å². The highest BCUT2D eigenvalue weighted by molar-refractivity contribution is 5.90. The van der Waals surface area contributed by atoms with Crippen LogP contribution in [0.4, 0.5) is 0 Å². The first-order valence-electron chi connectivity index (χ1n) is 9.15. The van der Waals surface area contributed by atoms with Gasteiger partial charge in [-0.15, -0.1) is 0 Å². The summed E-state index contributed by atoms with van der Waals surface area (Å²) in [4.78, 5) is 7.71. The highest BCUT2D eigenvalue weighted by Crippen LogP contribution is 2.21. The number of fused-ring (bicyclic) bond motifs is 1. The van der Waals surface area contributed by atoms with Gasteiger partial charge in [-0.25, -0.2) is 4.98 Å². The highest BCUT2D eigenvalue weighted by Gasteiger charge is 2.08. The van der Waals surface area contributed by atoms with Gasteiger partial charge in [0, 0.05) is 6.42 Å². The van der Waals surface area contributed by atoms with E-state index < -0.39 is 0 Å². The Morgan fingerprint density at radius 1 is 1.00 bits per heavy atom. The molecule has 0 fully saturated rings. The van der Waals surface area contributed by atoms with Gasteiger partial charge in [-0.1, -0.05) is 54.6 Å². The van der Waals surface area contributed by atoms with Gasteiger partial charge in [0.2, 0.25) is 0 Å². The number of hydrogen-bond donors (Lipinski definition) is 1. The first-order valence-corrected chi connectivity index (χ1v) is 9.15. The Balaban J connectivity index is 1.50. The van der Waals surface area contributed by atoms with Crippen molar-refractivity contribution < 1.29 is 4.74 Å². The van der Waals surface area contributed by atoms with Crippen LogP contribution in [0.25, 0.3) is 22.7 Å². The van der Waals surface area contributed by atoms with E-state index in [-0.39, 0.29) is 0 Å². The monoisotopic (exact) mass is 365 g/mol. The van der Waals surface area contributed by atoms with Crippen molar-refractivity contribution in [2.75, 3.05) is 6.61 Å². The number of rotatable bonds is 6. The predicted octanol–water partition coefficient (Wildman–Crippen LogP) is 5.25. The van der Waals surface area contributed by atoms with Gasteiger partial charge in [-0.2, -0.15) is 5.26 Å². The molecule has 0 atom stereocenters. The fourth-order valence-corrected chi connectivity index (χ4v) is 3.03. The molecule has 1 N–H and O–H groups in total. The number of benzene rings is 3. The summed E-state index contributed by atoms with van der Waals surface area (Å²) in [5.41, 5.74) is 4.38. The molecular formula is C24H19N3O. The van der Waals surface area contributed by atoms with Crippen molar-refractivity contribution in [1.82, 2.24) is 9.97 Å². The van der Waals surface area contributed by atoms with Crippen molar-refractivity contribution in [3.8, 4) is 11.8 Å². The number of para-hydroxylation sites is 2. The lowest BCUT2D eigenvalue weighted by Crippen LogP contribution is -2.01. The minimum absolute atomic E-state index is 0.484. The number of nitriles is 1. The van der Waals surface area contributed by atoms with Crippen molar-refractivity contribution in [1.29, 1.82) is 5.26 Å². The highest BCUT2D eigenvalue weighted by atomic mass is 16.5. The molecule has 0 unspecified atom stereocenters. The molecule has 28 heavy (non-hydrogen) atoms. The summed E-state index contributed by atoms with van der Waals surface area (Å²) in [6.07, 6.45) is 2.67. The lowest BCUT2D eigenvalue weighted by atomic mass is 10.1. The van der Waals surface area contributed by atoms with E-state index in [0.717, 1.165) is 28.8 Å². The molecule has 0 saturated heterocycles. The van der Waals surface area contributed by atoms with Crippen molar-refractivity contribution in [3.63, 3.8) is 0 Å². The van der Waals surface area contributed by atoms with Crippen LogP contribution < -0.4 is 4.74 Å². The van der Waals surface area contributed by atoms with Crippen LogP contribution in [0.5, 0.6) is 5.75 Å². The molecule has 3 aromatic carbocycles. The third-order valence-electron chi connectivity index (χ3n) is 4.44. The van der Waals surface area contributed by atoms with Crippen molar-refractivity contribution in [3.05, 3.63) is 95.8 Å². The minimum Gasteiger partial charge on any atom is -0.493 e. The summed E-state index contributed by atoms with van der Waals surface area (Å²) in [5.74, 6) is 1.35. The van der Waals surface area contributed by atoms with Crippen molar-refractivity contribution >= 4 is 22.7 Å². The average molecular weight is 365 g/mol. The van der Waals surface area contributed by atoms with Gasteiger partial charge in [0.15, 0.2) is 0 Å². The van der Waals surface area contributed by atoms with Crippen LogP contribution in [0.3, 0.4) is 0 Å². The molecule has 0 aliphatic rings. The number of aromatic nitrogens is 2. The van der Waals surface area contributed by atoms with Crippen LogP contribution in [-0.2, 0) is 6.42 Å². The first-order chi connectivity index (χ1) is 13.8. The molecule has 0 saturated carbocycles. The molecule has 4 nitrogen and oxygen atoms in total.